The molecular formula is C14H22O3S. The third-order valence-electron chi connectivity index (χ3n) is 2.95. The van der Waals surface area contributed by atoms with E-state index in [1.165, 1.54) is 0 Å². The highest BCUT2D eigenvalue weighted by atomic mass is 32.2. The monoisotopic (exact) mass is 270 g/mol. The SMILES string of the molecule is Cc1ccc(S(=O)(=O)CCCCC(C)O)c(C)c1. The van der Waals surface area contributed by atoms with E-state index < -0.39 is 9.84 Å². The molecular weight excluding hydrogens is 248 g/mol. The van der Waals surface area contributed by atoms with Gasteiger partial charge in [-0.25, -0.2) is 8.42 Å². The normalized spacial score (nSPS) is 13.6. The number of hydrogen-bond acceptors (Lipinski definition) is 3. The smallest absolute Gasteiger partial charge is 0.178 e. The molecule has 0 spiro atoms. The summed E-state index contributed by atoms with van der Waals surface area (Å²) in [5, 5.41) is 9.12. The van der Waals surface area contributed by atoms with Gasteiger partial charge in [-0.15, -0.1) is 0 Å². The second-order valence-electron chi connectivity index (χ2n) is 4.93. The Morgan fingerprint density at radius 3 is 2.44 bits per heavy atom. The Hall–Kier alpha value is -0.870. The molecule has 18 heavy (non-hydrogen) atoms. The van der Waals surface area contributed by atoms with Crippen LogP contribution >= 0.6 is 0 Å². The van der Waals surface area contributed by atoms with Crippen molar-refractivity contribution in [2.45, 2.75) is 51.0 Å². The van der Waals surface area contributed by atoms with Crippen LogP contribution in [0.2, 0.25) is 0 Å². The van der Waals surface area contributed by atoms with Crippen LogP contribution in [0.3, 0.4) is 0 Å². The Morgan fingerprint density at radius 1 is 1.22 bits per heavy atom. The summed E-state index contributed by atoms with van der Waals surface area (Å²) < 4.78 is 24.3. The zero-order chi connectivity index (χ0) is 13.8. The lowest BCUT2D eigenvalue weighted by molar-refractivity contribution is 0.181. The Morgan fingerprint density at radius 2 is 1.89 bits per heavy atom. The van der Waals surface area contributed by atoms with Gasteiger partial charge >= 0.3 is 0 Å². The van der Waals surface area contributed by atoms with Gasteiger partial charge in [0.1, 0.15) is 0 Å². The summed E-state index contributed by atoms with van der Waals surface area (Å²) in [6.45, 7) is 5.50. The van der Waals surface area contributed by atoms with Crippen molar-refractivity contribution in [3.63, 3.8) is 0 Å². The number of benzene rings is 1. The summed E-state index contributed by atoms with van der Waals surface area (Å²) in [7, 11) is -3.19. The summed E-state index contributed by atoms with van der Waals surface area (Å²) >= 11 is 0. The van der Waals surface area contributed by atoms with Gasteiger partial charge in [0.25, 0.3) is 0 Å². The maximum Gasteiger partial charge on any atom is 0.178 e. The molecule has 1 atom stereocenters. The summed E-state index contributed by atoms with van der Waals surface area (Å²) in [4.78, 5) is 0.435. The summed E-state index contributed by atoms with van der Waals surface area (Å²) in [6.07, 6.45) is 1.64. The summed E-state index contributed by atoms with van der Waals surface area (Å²) in [6, 6.07) is 5.41. The number of aliphatic hydroxyl groups is 1. The zero-order valence-electron chi connectivity index (χ0n) is 11.3. The second-order valence-corrected chi connectivity index (χ2v) is 7.01. The molecule has 0 fully saturated rings. The Labute approximate surface area is 110 Å². The molecule has 1 rings (SSSR count). The third-order valence-corrected chi connectivity index (χ3v) is 4.90. The van der Waals surface area contributed by atoms with Crippen molar-refractivity contribution in [3.8, 4) is 0 Å². The highest BCUT2D eigenvalue weighted by Gasteiger charge is 2.16. The van der Waals surface area contributed by atoms with Crippen LogP contribution in [0.25, 0.3) is 0 Å². The van der Waals surface area contributed by atoms with Crippen LogP contribution < -0.4 is 0 Å². The van der Waals surface area contributed by atoms with Crippen LogP contribution in [0.4, 0.5) is 0 Å². The first-order chi connectivity index (χ1) is 8.33. The highest BCUT2D eigenvalue weighted by molar-refractivity contribution is 7.91. The first-order valence-electron chi connectivity index (χ1n) is 6.31. The van der Waals surface area contributed by atoms with Crippen LogP contribution in [-0.4, -0.2) is 25.4 Å². The molecule has 0 aromatic heterocycles. The van der Waals surface area contributed by atoms with Crippen molar-refractivity contribution in [3.05, 3.63) is 29.3 Å². The van der Waals surface area contributed by atoms with Gasteiger partial charge in [0, 0.05) is 0 Å². The van der Waals surface area contributed by atoms with E-state index in [1.807, 2.05) is 26.0 Å². The van der Waals surface area contributed by atoms with Gasteiger partial charge in [0.2, 0.25) is 0 Å². The van der Waals surface area contributed by atoms with Crippen molar-refractivity contribution >= 4 is 9.84 Å². The minimum atomic E-state index is -3.19. The molecule has 0 amide bonds. The molecule has 1 N–H and O–H groups in total. The molecule has 0 aliphatic heterocycles. The molecule has 1 aromatic carbocycles. The highest BCUT2D eigenvalue weighted by Crippen LogP contribution is 2.19. The van der Waals surface area contributed by atoms with Gasteiger partial charge in [-0.1, -0.05) is 17.7 Å². The van der Waals surface area contributed by atoms with Gasteiger partial charge in [-0.3, -0.25) is 0 Å². The first-order valence-corrected chi connectivity index (χ1v) is 7.96. The molecule has 0 radical (unpaired) electrons. The van der Waals surface area contributed by atoms with E-state index in [0.29, 0.717) is 17.7 Å². The predicted molar refractivity (Wildman–Crippen MR) is 73.5 cm³/mol. The number of sulfone groups is 1. The lowest BCUT2D eigenvalue weighted by Crippen LogP contribution is -2.09. The van der Waals surface area contributed by atoms with Crippen LogP contribution in [0.1, 0.15) is 37.3 Å². The predicted octanol–water partition coefficient (Wildman–Crippen LogP) is 2.63. The fourth-order valence-corrected chi connectivity index (χ4v) is 3.62. The van der Waals surface area contributed by atoms with E-state index in [0.717, 1.165) is 17.5 Å². The minimum absolute atomic E-state index is 0.156. The maximum absolute atomic E-state index is 12.1. The van der Waals surface area contributed by atoms with E-state index >= 15 is 0 Å². The molecule has 0 saturated carbocycles. The van der Waals surface area contributed by atoms with Gasteiger partial charge in [0.05, 0.1) is 16.8 Å². The van der Waals surface area contributed by atoms with Crippen molar-refractivity contribution in [1.29, 1.82) is 0 Å². The number of unbranched alkanes of at least 4 members (excludes halogenated alkanes) is 1. The van der Waals surface area contributed by atoms with E-state index in [9.17, 15) is 8.42 Å². The third kappa shape index (κ3) is 4.42. The Balaban J connectivity index is 2.69. The quantitative estimate of drug-likeness (QED) is 0.808. The molecule has 102 valence electrons. The van der Waals surface area contributed by atoms with Crippen molar-refractivity contribution in [2.24, 2.45) is 0 Å². The standard InChI is InChI=1S/C14H22O3S/c1-11-7-8-14(12(2)10-11)18(16,17)9-5-4-6-13(3)15/h7-8,10,13,15H,4-6,9H2,1-3H3. The largest absolute Gasteiger partial charge is 0.393 e. The molecule has 4 heteroatoms. The molecule has 0 aliphatic carbocycles. The van der Waals surface area contributed by atoms with Gasteiger partial charge < -0.3 is 5.11 Å². The molecule has 0 bridgehead atoms. The zero-order valence-corrected chi connectivity index (χ0v) is 12.1. The fraction of sp³-hybridized carbons (Fsp3) is 0.571. The Bertz CT molecular complexity index is 490. The van der Waals surface area contributed by atoms with Gasteiger partial charge in [-0.05, 0) is 51.7 Å². The van der Waals surface area contributed by atoms with Crippen molar-refractivity contribution in [1.82, 2.24) is 0 Å². The topological polar surface area (TPSA) is 54.4 Å². The van der Waals surface area contributed by atoms with E-state index in [-0.39, 0.29) is 11.9 Å². The second kappa shape index (κ2) is 6.34. The number of hydrogen-bond donors (Lipinski definition) is 1. The average molecular weight is 270 g/mol. The van der Waals surface area contributed by atoms with Crippen LogP contribution in [0, 0.1) is 13.8 Å². The van der Waals surface area contributed by atoms with Crippen molar-refractivity contribution in [2.75, 3.05) is 5.75 Å². The van der Waals surface area contributed by atoms with Crippen LogP contribution in [0.15, 0.2) is 23.1 Å². The minimum Gasteiger partial charge on any atom is -0.393 e. The first kappa shape index (κ1) is 15.2. The molecule has 1 unspecified atom stereocenters. The van der Waals surface area contributed by atoms with Gasteiger partial charge in [0.15, 0.2) is 9.84 Å². The van der Waals surface area contributed by atoms with Crippen LogP contribution in [-0.2, 0) is 9.84 Å². The van der Waals surface area contributed by atoms with Gasteiger partial charge in [-0.2, -0.15) is 0 Å². The lowest BCUT2D eigenvalue weighted by atomic mass is 10.2. The molecule has 0 heterocycles. The number of aryl methyl sites for hydroxylation is 2. The van der Waals surface area contributed by atoms with E-state index in [4.69, 9.17) is 5.11 Å². The Kier molecular flexibility index (Phi) is 5.35. The lowest BCUT2D eigenvalue weighted by Gasteiger charge is -2.09. The van der Waals surface area contributed by atoms with E-state index in [2.05, 4.69) is 0 Å². The van der Waals surface area contributed by atoms with Crippen LogP contribution in [0.5, 0.6) is 0 Å². The van der Waals surface area contributed by atoms with Crippen molar-refractivity contribution < 1.29 is 13.5 Å². The average Bonchev–Trinajstić information content (AvgIpc) is 2.23. The van der Waals surface area contributed by atoms with E-state index in [1.54, 1.807) is 13.0 Å². The maximum atomic E-state index is 12.1. The summed E-state index contributed by atoms with van der Waals surface area (Å²) in [5.74, 6) is 0.156. The molecule has 1 aromatic rings. The number of rotatable bonds is 6. The molecule has 3 nitrogen and oxygen atoms in total. The fourth-order valence-electron chi connectivity index (χ4n) is 1.99. The molecule has 0 saturated heterocycles. The molecule has 0 aliphatic rings. The summed E-state index contributed by atoms with van der Waals surface area (Å²) in [5.41, 5.74) is 1.88. The number of aliphatic hydroxyl groups excluding tert-OH is 1.